The van der Waals surface area contributed by atoms with Crippen LogP contribution in [0.2, 0.25) is 0 Å². The average molecular weight is 277 g/mol. The number of aryl methyl sites for hydroxylation is 1. The Morgan fingerprint density at radius 1 is 1.45 bits per heavy atom. The number of rotatable bonds is 6. The van der Waals surface area contributed by atoms with Crippen molar-refractivity contribution in [2.24, 2.45) is 5.92 Å². The van der Waals surface area contributed by atoms with Crippen molar-refractivity contribution < 1.29 is 9.47 Å². The summed E-state index contributed by atoms with van der Waals surface area (Å²) >= 11 is 0. The summed E-state index contributed by atoms with van der Waals surface area (Å²) < 4.78 is 11.1. The summed E-state index contributed by atoms with van der Waals surface area (Å²) in [5, 5.41) is 3.70. The first-order chi connectivity index (χ1) is 9.67. The molecule has 0 radical (unpaired) electrons. The van der Waals surface area contributed by atoms with E-state index in [1.165, 1.54) is 11.1 Å². The van der Waals surface area contributed by atoms with Crippen molar-refractivity contribution in [2.45, 2.75) is 45.8 Å². The first-order valence-corrected chi connectivity index (χ1v) is 7.67. The van der Waals surface area contributed by atoms with Crippen molar-refractivity contribution in [3.05, 3.63) is 29.3 Å². The molecular formula is C17H27NO2. The van der Waals surface area contributed by atoms with Gasteiger partial charge in [-0.1, -0.05) is 19.1 Å². The van der Waals surface area contributed by atoms with Gasteiger partial charge in [0.15, 0.2) is 0 Å². The third kappa shape index (κ3) is 3.33. The SMILES string of the molecule is CCCNC(c1ccc(OC)c(C)c1)C1CCOC1C. The van der Waals surface area contributed by atoms with Crippen molar-refractivity contribution in [3.8, 4) is 5.75 Å². The van der Waals surface area contributed by atoms with Crippen LogP contribution in [0.1, 0.15) is 43.9 Å². The predicted molar refractivity (Wildman–Crippen MR) is 82.3 cm³/mol. The van der Waals surface area contributed by atoms with Crippen molar-refractivity contribution in [1.29, 1.82) is 0 Å². The smallest absolute Gasteiger partial charge is 0.121 e. The van der Waals surface area contributed by atoms with E-state index in [9.17, 15) is 0 Å². The van der Waals surface area contributed by atoms with E-state index in [0.717, 1.165) is 31.7 Å². The molecule has 0 spiro atoms. The Labute approximate surface area is 122 Å². The lowest BCUT2D eigenvalue weighted by Crippen LogP contribution is -2.32. The molecule has 1 saturated heterocycles. The van der Waals surface area contributed by atoms with E-state index in [4.69, 9.17) is 9.47 Å². The van der Waals surface area contributed by atoms with E-state index in [1.54, 1.807) is 7.11 Å². The third-order valence-corrected chi connectivity index (χ3v) is 4.26. The van der Waals surface area contributed by atoms with Crippen LogP contribution in [0.3, 0.4) is 0 Å². The topological polar surface area (TPSA) is 30.5 Å². The lowest BCUT2D eigenvalue weighted by molar-refractivity contribution is 0.0953. The first-order valence-electron chi connectivity index (χ1n) is 7.67. The number of ether oxygens (including phenoxy) is 2. The molecule has 0 saturated carbocycles. The highest BCUT2D eigenvalue weighted by atomic mass is 16.5. The highest BCUT2D eigenvalue weighted by Crippen LogP contribution is 2.34. The molecule has 1 fully saturated rings. The second-order valence-electron chi connectivity index (χ2n) is 5.69. The van der Waals surface area contributed by atoms with Gasteiger partial charge < -0.3 is 14.8 Å². The maximum absolute atomic E-state index is 5.76. The summed E-state index contributed by atoms with van der Waals surface area (Å²) in [6.45, 7) is 8.42. The monoisotopic (exact) mass is 277 g/mol. The van der Waals surface area contributed by atoms with Crippen LogP contribution >= 0.6 is 0 Å². The van der Waals surface area contributed by atoms with Gasteiger partial charge in [-0.05, 0) is 50.4 Å². The van der Waals surface area contributed by atoms with Gasteiger partial charge in [0, 0.05) is 18.6 Å². The van der Waals surface area contributed by atoms with Crippen molar-refractivity contribution in [3.63, 3.8) is 0 Å². The van der Waals surface area contributed by atoms with E-state index in [2.05, 4.69) is 44.3 Å². The van der Waals surface area contributed by atoms with E-state index >= 15 is 0 Å². The van der Waals surface area contributed by atoms with Gasteiger partial charge in [0.25, 0.3) is 0 Å². The van der Waals surface area contributed by atoms with Crippen LogP contribution in [-0.4, -0.2) is 26.4 Å². The fraction of sp³-hybridized carbons (Fsp3) is 0.647. The number of hydrogen-bond donors (Lipinski definition) is 1. The molecular weight excluding hydrogens is 250 g/mol. The summed E-state index contributed by atoms with van der Waals surface area (Å²) in [6.07, 6.45) is 2.60. The summed E-state index contributed by atoms with van der Waals surface area (Å²) in [6, 6.07) is 6.88. The number of hydrogen-bond acceptors (Lipinski definition) is 3. The van der Waals surface area contributed by atoms with Crippen LogP contribution in [0.15, 0.2) is 18.2 Å². The molecule has 1 aromatic carbocycles. The molecule has 0 aromatic heterocycles. The van der Waals surface area contributed by atoms with E-state index < -0.39 is 0 Å². The van der Waals surface area contributed by atoms with Crippen molar-refractivity contribution in [2.75, 3.05) is 20.3 Å². The Balaban J connectivity index is 2.23. The maximum Gasteiger partial charge on any atom is 0.121 e. The Morgan fingerprint density at radius 2 is 2.25 bits per heavy atom. The maximum atomic E-state index is 5.76. The number of benzene rings is 1. The number of nitrogens with one attached hydrogen (secondary N) is 1. The summed E-state index contributed by atoms with van der Waals surface area (Å²) in [4.78, 5) is 0. The quantitative estimate of drug-likeness (QED) is 0.863. The summed E-state index contributed by atoms with van der Waals surface area (Å²) in [7, 11) is 1.72. The molecule has 1 heterocycles. The molecule has 112 valence electrons. The van der Waals surface area contributed by atoms with Crippen LogP contribution in [0.5, 0.6) is 5.75 Å². The highest BCUT2D eigenvalue weighted by molar-refractivity contribution is 5.37. The minimum Gasteiger partial charge on any atom is -0.496 e. The Hall–Kier alpha value is -1.06. The molecule has 0 aliphatic carbocycles. The molecule has 1 aromatic rings. The largest absolute Gasteiger partial charge is 0.496 e. The van der Waals surface area contributed by atoms with Crippen LogP contribution < -0.4 is 10.1 Å². The van der Waals surface area contributed by atoms with Gasteiger partial charge in [0.2, 0.25) is 0 Å². The molecule has 0 amide bonds. The van der Waals surface area contributed by atoms with Gasteiger partial charge in [-0.2, -0.15) is 0 Å². The van der Waals surface area contributed by atoms with Gasteiger partial charge in [-0.15, -0.1) is 0 Å². The normalized spacial score (nSPS) is 23.8. The van der Waals surface area contributed by atoms with E-state index in [1.807, 2.05) is 0 Å². The molecule has 3 atom stereocenters. The minimum atomic E-state index is 0.326. The van der Waals surface area contributed by atoms with E-state index in [-0.39, 0.29) is 0 Å². The Bertz CT molecular complexity index is 433. The summed E-state index contributed by atoms with van der Waals surface area (Å²) in [5.74, 6) is 1.51. The molecule has 3 heteroatoms. The fourth-order valence-electron chi connectivity index (χ4n) is 3.10. The summed E-state index contributed by atoms with van der Waals surface area (Å²) in [5.41, 5.74) is 2.54. The molecule has 0 bridgehead atoms. The molecule has 1 aliphatic heterocycles. The van der Waals surface area contributed by atoms with Crippen LogP contribution in [0.4, 0.5) is 0 Å². The van der Waals surface area contributed by atoms with Crippen molar-refractivity contribution >= 4 is 0 Å². The Kier molecular flexibility index (Phi) is 5.44. The van der Waals surface area contributed by atoms with Gasteiger partial charge in [-0.25, -0.2) is 0 Å². The minimum absolute atomic E-state index is 0.326. The van der Waals surface area contributed by atoms with Gasteiger partial charge >= 0.3 is 0 Å². The lowest BCUT2D eigenvalue weighted by atomic mass is 9.87. The predicted octanol–water partition coefficient (Wildman–Crippen LogP) is 3.47. The highest BCUT2D eigenvalue weighted by Gasteiger charge is 2.32. The van der Waals surface area contributed by atoms with Crippen LogP contribution in [-0.2, 0) is 4.74 Å². The fourth-order valence-corrected chi connectivity index (χ4v) is 3.10. The average Bonchev–Trinajstić information content (AvgIpc) is 2.86. The van der Waals surface area contributed by atoms with Crippen molar-refractivity contribution in [1.82, 2.24) is 5.32 Å². The van der Waals surface area contributed by atoms with Crippen LogP contribution in [0.25, 0.3) is 0 Å². The van der Waals surface area contributed by atoms with Gasteiger partial charge in [-0.3, -0.25) is 0 Å². The molecule has 3 unspecified atom stereocenters. The molecule has 1 N–H and O–H groups in total. The zero-order chi connectivity index (χ0) is 14.5. The molecule has 3 nitrogen and oxygen atoms in total. The molecule has 2 rings (SSSR count). The first kappa shape index (κ1) is 15.3. The Morgan fingerprint density at radius 3 is 2.80 bits per heavy atom. The zero-order valence-corrected chi connectivity index (χ0v) is 13.1. The van der Waals surface area contributed by atoms with Crippen LogP contribution in [0, 0.1) is 12.8 Å². The molecule has 1 aliphatic rings. The third-order valence-electron chi connectivity index (χ3n) is 4.26. The standard InChI is InChI=1S/C17H27NO2/c1-5-9-18-17(15-8-10-20-13(15)3)14-6-7-16(19-4)12(2)11-14/h6-7,11,13,15,17-18H,5,8-10H2,1-4H3. The second kappa shape index (κ2) is 7.09. The number of methoxy groups -OCH3 is 1. The van der Waals surface area contributed by atoms with Gasteiger partial charge in [0.1, 0.15) is 5.75 Å². The second-order valence-corrected chi connectivity index (χ2v) is 5.69. The zero-order valence-electron chi connectivity index (χ0n) is 13.1. The lowest BCUT2D eigenvalue weighted by Gasteiger charge is -2.28. The van der Waals surface area contributed by atoms with Gasteiger partial charge in [0.05, 0.1) is 13.2 Å². The molecule has 20 heavy (non-hydrogen) atoms. The van der Waals surface area contributed by atoms with E-state index in [0.29, 0.717) is 18.1 Å².